The first-order valence-electron chi connectivity index (χ1n) is 8.10. The van der Waals surface area contributed by atoms with Gasteiger partial charge in [0.25, 0.3) is 5.91 Å². The summed E-state index contributed by atoms with van der Waals surface area (Å²) >= 11 is 5.79. The Hall–Kier alpha value is -2.74. The zero-order valence-electron chi connectivity index (χ0n) is 14.0. The third-order valence-electron chi connectivity index (χ3n) is 4.17. The maximum atomic E-state index is 13.8. The van der Waals surface area contributed by atoms with Crippen molar-refractivity contribution in [3.8, 4) is 0 Å². The minimum atomic E-state index is -1.25. The molecule has 1 fully saturated rings. The predicted molar refractivity (Wildman–Crippen MR) is 94.3 cm³/mol. The van der Waals surface area contributed by atoms with Crippen molar-refractivity contribution < 1.29 is 22.8 Å². The summed E-state index contributed by atoms with van der Waals surface area (Å²) in [7, 11) is 0. The molecule has 9 heteroatoms. The van der Waals surface area contributed by atoms with E-state index in [-0.39, 0.29) is 32.2 Å². The van der Waals surface area contributed by atoms with Crippen LogP contribution in [0.5, 0.6) is 0 Å². The second kappa shape index (κ2) is 7.87. The van der Waals surface area contributed by atoms with Crippen LogP contribution >= 0.6 is 11.6 Å². The molecule has 1 saturated heterocycles. The molecule has 2 aromatic rings. The highest BCUT2D eigenvalue weighted by atomic mass is 35.5. The van der Waals surface area contributed by atoms with Crippen molar-refractivity contribution in [2.45, 2.75) is 0 Å². The Kier molecular flexibility index (Phi) is 5.55. The number of carbonyl (C=O) groups excluding carboxylic acids is 2. The summed E-state index contributed by atoms with van der Waals surface area (Å²) in [6.07, 6.45) is 0. The highest BCUT2D eigenvalue weighted by molar-refractivity contribution is 6.30. The zero-order chi connectivity index (χ0) is 19.6. The quantitative estimate of drug-likeness (QED) is 0.839. The second-order valence-electron chi connectivity index (χ2n) is 5.96. The van der Waals surface area contributed by atoms with Gasteiger partial charge in [-0.25, -0.2) is 18.0 Å². The highest BCUT2D eigenvalue weighted by Crippen LogP contribution is 2.19. The van der Waals surface area contributed by atoms with E-state index in [9.17, 15) is 22.8 Å². The number of carbonyl (C=O) groups is 2. The molecule has 1 aliphatic rings. The minimum absolute atomic E-state index is 0.100. The van der Waals surface area contributed by atoms with E-state index in [0.717, 1.165) is 0 Å². The van der Waals surface area contributed by atoms with E-state index in [2.05, 4.69) is 5.32 Å². The zero-order valence-corrected chi connectivity index (χ0v) is 14.8. The number of hydrogen-bond donors (Lipinski definition) is 1. The van der Waals surface area contributed by atoms with Crippen LogP contribution in [0.4, 0.5) is 23.7 Å². The Balaban J connectivity index is 1.61. The van der Waals surface area contributed by atoms with Gasteiger partial charge in [0, 0.05) is 49.0 Å². The third-order valence-corrected chi connectivity index (χ3v) is 4.42. The van der Waals surface area contributed by atoms with Gasteiger partial charge in [0.15, 0.2) is 0 Å². The molecule has 2 aromatic carbocycles. The average molecular weight is 398 g/mol. The summed E-state index contributed by atoms with van der Waals surface area (Å²) in [6.45, 7) is 0.581. The Bertz CT molecular complexity index is 846. The largest absolute Gasteiger partial charge is 0.335 e. The number of rotatable bonds is 2. The van der Waals surface area contributed by atoms with Crippen molar-refractivity contribution in [3.05, 3.63) is 64.4 Å². The summed E-state index contributed by atoms with van der Waals surface area (Å²) in [6, 6.07) is 7.15. The second-order valence-corrected chi connectivity index (χ2v) is 6.40. The lowest BCUT2D eigenvalue weighted by Gasteiger charge is -2.34. The van der Waals surface area contributed by atoms with E-state index in [1.807, 2.05) is 0 Å². The summed E-state index contributed by atoms with van der Waals surface area (Å²) in [5.74, 6) is -4.46. The van der Waals surface area contributed by atoms with Gasteiger partial charge in [-0.1, -0.05) is 11.6 Å². The Morgan fingerprint density at radius 1 is 0.889 bits per heavy atom. The first kappa shape index (κ1) is 19.0. The van der Waals surface area contributed by atoms with Crippen LogP contribution in [0.15, 0.2) is 36.4 Å². The summed E-state index contributed by atoms with van der Waals surface area (Å²) < 4.78 is 40.6. The van der Waals surface area contributed by atoms with Crippen molar-refractivity contribution in [3.63, 3.8) is 0 Å². The van der Waals surface area contributed by atoms with Gasteiger partial charge in [-0.2, -0.15) is 0 Å². The van der Waals surface area contributed by atoms with Crippen molar-refractivity contribution in [2.75, 3.05) is 31.5 Å². The minimum Gasteiger partial charge on any atom is -0.335 e. The number of nitrogens with one attached hydrogen (secondary N) is 1. The molecule has 1 aliphatic heterocycles. The fraction of sp³-hybridized carbons (Fsp3) is 0.222. The van der Waals surface area contributed by atoms with Gasteiger partial charge in [0.2, 0.25) is 0 Å². The van der Waals surface area contributed by atoms with E-state index < -0.39 is 28.9 Å². The molecule has 5 nitrogen and oxygen atoms in total. The summed E-state index contributed by atoms with van der Waals surface area (Å²) in [5.41, 5.74) is -0.228. The van der Waals surface area contributed by atoms with Gasteiger partial charge < -0.3 is 15.1 Å². The van der Waals surface area contributed by atoms with E-state index in [4.69, 9.17) is 11.6 Å². The monoisotopic (exact) mass is 397 g/mol. The fourth-order valence-electron chi connectivity index (χ4n) is 2.75. The molecule has 0 spiro atoms. The van der Waals surface area contributed by atoms with Gasteiger partial charge >= 0.3 is 6.03 Å². The third kappa shape index (κ3) is 4.33. The molecule has 3 rings (SSSR count). The summed E-state index contributed by atoms with van der Waals surface area (Å²) in [4.78, 5) is 27.3. The molecule has 0 radical (unpaired) electrons. The van der Waals surface area contributed by atoms with Gasteiger partial charge in [0.05, 0.1) is 0 Å². The van der Waals surface area contributed by atoms with Gasteiger partial charge in [-0.3, -0.25) is 4.79 Å². The van der Waals surface area contributed by atoms with E-state index in [1.54, 1.807) is 24.3 Å². The molecule has 3 amide bonds. The number of benzene rings is 2. The first-order valence-corrected chi connectivity index (χ1v) is 8.48. The lowest BCUT2D eigenvalue weighted by molar-refractivity contribution is 0.0662. The molecule has 0 aromatic heterocycles. The maximum Gasteiger partial charge on any atom is 0.321 e. The van der Waals surface area contributed by atoms with Crippen molar-refractivity contribution in [2.24, 2.45) is 0 Å². The lowest BCUT2D eigenvalue weighted by atomic mass is 10.1. The van der Waals surface area contributed by atoms with Crippen LogP contribution in [0.2, 0.25) is 5.02 Å². The number of urea groups is 1. The smallest absolute Gasteiger partial charge is 0.321 e. The number of nitrogens with zero attached hydrogens (tertiary/aromatic N) is 2. The maximum absolute atomic E-state index is 13.8. The highest BCUT2D eigenvalue weighted by Gasteiger charge is 2.28. The number of anilines is 1. The standard InChI is InChI=1S/C18H15ClF3N3O2/c19-11-1-3-13(4-2-11)23-18(27)25-7-5-24(6-8-25)17(26)16-14(21)9-12(20)10-15(16)22/h1-4,9-10H,5-8H2,(H,23,27). The molecule has 0 saturated carbocycles. The Morgan fingerprint density at radius 3 is 1.96 bits per heavy atom. The molecule has 27 heavy (non-hydrogen) atoms. The van der Waals surface area contributed by atoms with E-state index >= 15 is 0 Å². The van der Waals surface area contributed by atoms with Crippen LogP contribution in [-0.2, 0) is 0 Å². The number of hydrogen-bond acceptors (Lipinski definition) is 2. The lowest BCUT2D eigenvalue weighted by Crippen LogP contribution is -2.52. The van der Waals surface area contributed by atoms with E-state index in [0.29, 0.717) is 22.8 Å². The first-order chi connectivity index (χ1) is 12.8. The molecule has 1 heterocycles. The molecule has 0 aliphatic carbocycles. The van der Waals surface area contributed by atoms with Gasteiger partial charge in [-0.15, -0.1) is 0 Å². The van der Waals surface area contributed by atoms with Crippen molar-refractivity contribution in [1.82, 2.24) is 9.80 Å². The van der Waals surface area contributed by atoms with Crippen LogP contribution in [0.1, 0.15) is 10.4 Å². The van der Waals surface area contributed by atoms with Crippen molar-refractivity contribution in [1.29, 1.82) is 0 Å². The number of halogens is 4. The molecule has 1 N–H and O–H groups in total. The number of piperazine rings is 1. The van der Waals surface area contributed by atoms with Gasteiger partial charge in [-0.05, 0) is 24.3 Å². The molecule has 0 bridgehead atoms. The molecular formula is C18H15ClF3N3O2. The molecule has 0 unspecified atom stereocenters. The van der Waals surface area contributed by atoms with Crippen LogP contribution in [0, 0.1) is 17.5 Å². The summed E-state index contributed by atoms with van der Waals surface area (Å²) in [5, 5.41) is 3.24. The number of amides is 3. The van der Waals surface area contributed by atoms with Crippen LogP contribution in [-0.4, -0.2) is 47.9 Å². The molecule has 0 atom stereocenters. The van der Waals surface area contributed by atoms with E-state index in [1.165, 1.54) is 9.80 Å². The average Bonchev–Trinajstić information content (AvgIpc) is 2.63. The Morgan fingerprint density at radius 2 is 1.41 bits per heavy atom. The van der Waals surface area contributed by atoms with Crippen molar-refractivity contribution >= 4 is 29.2 Å². The predicted octanol–water partition coefficient (Wildman–Crippen LogP) is 3.75. The molecule has 142 valence electrons. The topological polar surface area (TPSA) is 52.7 Å². The SMILES string of the molecule is O=C(Nc1ccc(Cl)cc1)N1CCN(C(=O)c2c(F)cc(F)cc2F)CC1. The fourth-order valence-corrected chi connectivity index (χ4v) is 2.88. The molecular weight excluding hydrogens is 383 g/mol. The van der Waals surface area contributed by atoms with Crippen LogP contribution in [0.25, 0.3) is 0 Å². The normalized spacial score (nSPS) is 14.2. The Labute approximate surface area is 158 Å². The van der Waals surface area contributed by atoms with Crippen LogP contribution in [0.3, 0.4) is 0 Å². The van der Waals surface area contributed by atoms with Crippen LogP contribution < -0.4 is 5.32 Å². The van der Waals surface area contributed by atoms with Gasteiger partial charge in [0.1, 0.15) is 23.0 Å².